The van der Waals surface area contributed by atoms with Crippen LogP contribution in [0.15, 0.2) is 40.9 Å². The number of ether oxygens (including phenoxy) is 1. The molecule has 0 radical (unpaired) electrons. The molecule has 0 heterocycles. The van der Waals surface area contributed by atoms with E-state index in [1.54, 1.807) is 7.11 Å². The Morgan fingerprint density at radius 2 is 2.10 bits per heavy atom. The van der Waals surface area contributed by atoms with Crippen molar-refractivity contribution in [2.24, 2.45) is 0 Å². The largest absolute Gasteiger partial charge is 0.496 e. The highest BCUT2D eigenvalue weighted by Crippen LogP contribution is 2.29. The number of halogens is 2. The molecule has 7 heteroatoms. The van der Waals surface area contributed by atoms with Gasteiger partial charge in [0.05, 0.1) is 22.7 Å². The summed E-state index contributed by atoms with van der Waals surface area (Å²) in [6, 6.07) is 9.91. The fourth-order valence-corrected chi connectivity index (χ4v) is 2.43. The average Bonchev–Trinajstić information content (AvgIpc) is 2.46. The molecule has 0 saturated carbocycles. The molecular weight excluding hydrogens is 360 g/mol. The quantitative estimate of drug-likeness (QED) is 0.614. The van der Waals surface area contributed by atoms with Gasteiger partial charge in [0.25, 0.3) is 5.69 Å². The van der Waals surface area contributed by atoms with Crippen LogP contribution in [-0.4, -0.2) is 12.0 Å². The molecule has 0 fully saturated rings. The first kappa shape index (κ1) is 15.6. The average molecular weight is 372 g/mol. The van der Waals surface area contributed by atoms with Gasteiger partial charge in [0.15, 0.2) is 0 Å². The van der Waals surface area contributed by atoms with E-state index in [4.69, 9.17) is 16.3 Å². The van der Waals surface area contributed by atoms with Crippen LogP contribution >= 0.6 is 27.5 Å². The summed E-state index contributed by atoms with van der Waals surface area (Å²) in [5, 5.41) is 14.3. The van der Waals surface area contributed by atoms with E-state index in [2.05, 4.69) is 21.2 Å². The molecule has 1 N–H and O–H groups in total. The highest BCUT2D eigenvalue weighted by Gasteiger charge is 2.10. The third-order valence-electron chi connectivity index (χ3n) is 2.87. The molecule has 0 bridgehead atoms. The third-order valence-corrected chi connectivity index (χ3v) is 3.70. The van der Waals surface area contributed by atoms with Gasteiger partial charge in [-0.3, -0.25) is 10.1 Å². The summed E-state index contributed by atoms with van der Waals surface area (Å²) >= 11 is 9.44. The smallest absolute Gasteiger partial charge is 0.271 e. The Balaban J connectivity index is 2.22. The molecule has 0 aliphatic heterocycles. The van der Waals surface area contributed by atoms with E-state index in [1.807, 2.05) is 18.2 Å². The SMILES string of the molecule is COc1ccc(Br)cc1CNc1cc([N+](=O)[O-])ccc1Cl. The summed E-state index contributed by atoms with van der Waals surface area (Å²) < 4.78 is 6.20. The standard InChI is InChI=1S/C14H12BrClN2O3/c1-21-14-5-2-10(15)6-9(14)8-17-13-7-11(18(19)20)3-4-12(13)16/h2-7,17H,8H2,1H3. The van der Waals surface area contributed by atoms with Crippen molar-refractivity contribution in [1.82, 2.24) is 0 Å². The van der Waals surface area contributed by atoms with Gasteiger partial charge in [-0.05, 0) is 24.3 Å². The third kappa shape index (κ3) is 3.86. The number of nitro groups is 1. The zero-order valence-corrected chi connectivity index (χ0v) is 13.4. The van der Waals surface area contributed by atoms with Crippen molar-refractivity contribution in [3.8, 4) is 5.75 Å². The molecule has 0 unspecified atom stereocenters. The Bertz CT molecular complexity index is 679. The second-order valence-electron chi connectivity index (χ2n) is 4.23. The molecule has 110 valence electrons. The van der Waals surface area contributed by atoms with E-state index < -0.39 is 4.92 Å². The van der Waals surface area contributed by atoms with Crippen molar-refractivity contribution in [3.05, 3.63) is 61.6 Å². The lowest BCUT2D eigenvalue weighted by molar-refractivity contribution is -0.384. The highest BCUT2D eigenvalue weighted by molar-refractivity contribution is 9.10. The molecule has 2 rings (SSSR count). The first-order valence-corrected chi connectivity index (χ1v) is 7.18. The first-order chi connectivity index (χ1) is 10.0. The molecule has 0 aromatic heterocycles. The predicted molar refractivity (Wildman–Crippen MR) is 86.1 cm³/mol. The van der Waals surface area contributed by atoms with E-state index in [9.17, 15) is 10.1 Å². The fourth-order valence-electron chi connectivity index (χ4n) is 1.84. The van der Waals surface area contributed by atoms with Crippen molar-refractivity contribution < 1.29 is 9.66 Å². The fraction of sp³-hybridized carbons (Fsp3) is 0.143. The van der Waals surface area contributed by atoms with Gasteiger partial charge in [0.1, 0.15) is 5.75 Å². The van der Waals surface area contributed by atoms with E-state index in [0.29, 0.717) is 17.3 Å². The highest BCUT2D eigenvalue weighted by atomic mass is 79.9. The van der Waals surface area contributed by atoms with Crippen molar-refractivity contribution >= 4 is 38.9 Å². The van der Waals surface area contributed by atoms with Gasteiger partial charge < -0.3 is 10.1 Å². The molecule has 5 nitrogen and oxygen atoms in total. The summed E-state index contributed by atoms with van der Waals surface area (Å²) in [7, 11) is 1.59. The van der Waals surface area contributed by atoms with Crippen LogP contribution in [0.4, 0.5) is 11.4 Å². The number of hydrogen-bond donors (Lipinski definition) is 1. The summed E-state index contributed by atoms with van der Waals surface area (Å²) in [5.41, 5.74) is 1.41. The maximum Gasteiger partial charge on any atom is 0.271 e. The molecule has 0 amide bonds. The predicted octanol–water partition coefficient (Wildman–Crippen LogP) is 4.63. The molecular formula is C14H12BrClN2O3. The maximum atomic E-state index is 10.8. The maximum absolute atomic E-state index is 10.8. The normalized spacial score (nSPS) is 10.2. The van der Waals surface area contributed by atoms with Crippen LogP contribution < -0.4 is 10.1 Å². The zero-order valence-electron chi connectivity index (χ0n) is 11.1. The van der Waals surface area contributed by atoms with Gasteiger partial charge >= 0.3 is 0 Å². The monoisotopic (exact) mass is 370 g/mol. The van der Waals surface area contributed by atoms with E-state index in [1.165, 1.54) is 18.2 Å². The number of non-ortho nitro benzene ring substituents is 1. The van der Waals surface area contributed by atoms with Crippen molar-refractivity contribution in [2.45, 2.75) is 6.54 Å². The second kappa shape index (κ2) is 6.78. The van der Waals surface area contributed by atoms with Crippen LogP contribution in [0.25, 0.3) is 0 Å². The zero-order chi connectivity index (χ0) is 15.4. The summed E-state index contributed by atoms with van der Waals surface area (Å²) in [6.07, 6.45) is 0. The molecule has 2 aromatic rings. The Labute approximate surface area is 135 Å². The lowest BCUT2D eigenvalue weighted by Crippen LogP contribution is -2.03. The Hall–Kier alpha value is -1.79. The van der Waals surface area contributed by atoms with Gasteiger partial charge in [0, 0.05) is 28.7 Å². The Kier molecular flexibility index (Phi) is 5.03. The number of nitrogens with zero attached hydrogens (tertiary/aromatic N) is 1. The molecule has 0 spiro atoms. The van der Waals surface area contributed by atoms with E-state index in [0.717, 1.165) is 15.8 Å². The summed E-state index contributed by atoms with van der Waals surface area (Å²) in [4.78, 5) is 10.3. The molecule has 21 heavy (non-hydrogen) atoms. The summed E-state index contributed by atoms with van der Waals surface area (Å²) in [6.45, 7) is 0.434. The van der Waals surface area contributed by atoms with Gasteiger partial charge in [-0.15, -0.1) is 0 Å². The van der Waals surface area contributed by atoms with Gasteiger partial charge in [0.2, 0.25) is 0 Å². The van der Waals surface area contributed by atoms with Gasteiger partial charge in [-0.1, -0.05) is 27.5 Å². The minimum Gasteiger partial charge on any atom is -0.496 e. The van der Waals surface area contributed by atoms with Crippen LogP contribution in [0.1, 0.15) is 5.56 Å². The first-order valence-electron chi connectivity index (χ1n) is 6.01. The lowest BCUT2D eigenvalue weighted by atomic mass is 10.2. The molecule has 0 atom stereocenters. The van der Waals surface area contributed by atoms with Crippen molar-refractivity contribution in [2.75, 3.05) is 12.4 Å². The Morgan fingerprint density at radius 1 is 1.33 bits per heavy atom. The van der Waals surface area contributed by atoms with Crippen LogP contribution in [0.2, 0.25) is 5.02 Å². The van der Waals surface area contributed by atoms with Crippen molar-refractivity contribution in [1.29, 1.82) is 0 Å². The van der Waals surface area contributed by atoms with Crippen LogP contribution in [0, 0.1) is 10.1 Å². The number of nitrogens with one attached hydrogen (secondary N) is 1. The minimum atomic E-state index is -0.457. The second-order valence-corrected chi connectivity index (χ2v) is 5.55. The number of rotatable bonds is 5. The molecule has 0 aliphatic carbocycles. The van der Waals surface area contributed by atoms with Crippen LogP contribution in [-0.2, 0) is 6.54 Å². The topological polar surface area (TPSA) is 64.4 Å². The summed E-state index contributed by atoms with van der Waals surface area (Å²) in [5.74, 6) is 0.729. The van der Waals surface area contributed by atoms with Gasteiger partial charge in [-0.2, -0.15) is 0 Å². The number of hydrogen-bond acceptors (Lipinski definition) is 4. The van der Waals surface area contributed by atoms with E-state index in [-0.39, 0.29) is 5.69 Å². The molecule has 0 saturated heterocycles. The Morgan fingerprint density at radius 3 is 2.76 bits per heavy atom. The number of anilines is 1. The molecule has 0 aliphatic rings. The van der Waals surface area contributed by atoms with Crippen molar-refractivity contribution in [3.63, 3.8) is 0 Å². The van der Waals surface area contributed by atoms with Crippen LogP contribution in [0.5, 0.6) is 5.75 Å². The van der Waals surface area contributed by atoms with Crippen LogP contribution in [0.3, 0.4) is 0 Å². The minimum absolute atomic E-state index is 0.0110. The molecule has 2 aromatic carbocycles. The number of nitro benzene ring substituents is 1. The lowest BCUT2D eigenvalue weighted by Gasteiger charge is -2.12. The number of benzene rings is 2. The number of methoxy groups -OCH3 is 1. The van der Waals surface area contributed by atoms with E-state index >= 15 is 0 Å². The van der Waals surface area contributed by atoms with Gasteiger partial charge in [-0.25, -0.2) is 0 Å².